The number of hydrogen-bond acceptors (Lipinski definition) is 8. The molecule has 14 heteroatoms. The van der Waals surface area contributed by atoms with E-state index in [9.17, 15) is 32.7 Å². The van der Waals surface area contributed by atoms with Gasteiger partial charge in [-0.25, -0.2) is 0 Å². The summed E-state index contributed by atoms with van der Waals surface area (Å²) in [7, 11) is 0. The highest BCUT2D eigenvalue weighted by Crippen LogP contribution is 2.41. The summed E-state index contributed by atoms with van der Waals surface area (Å²) in [5, 5.41) is 15.5. The van der Waals surface area contributed by atoms with Crippen molar-refractivity contribution in [2.45, 2.75) is 81.5 Å². The van der Waals surface area contributed by atoms with Crippen molar-refractivity contribution in [3.8, 4) is 11.1 Å². The fourth-order valence-corrected chi connectivity index (χ4v) is 8.94. The number of nitrogens with one attached hydrogen (secondary N) is 2. The van der Waals surface area contributed by atoms with E-state index in [1.807, 2.05) is 103 Å². The van der Waals surface area contributed by atoms with Crippen molar-refractivity contribution in [1.82, 2.24) is 20.4 Å². The Hall–Kier alpha value is -5.28. The third-order valence-electron chi connectivity index (χ3n) is 12.1. The number of halogens is 3. The van der Waals surface area contributed by atoms with Gasteiger partial charge in [0, 0.05) is 50.4 Å². The molecule has 0 saturated carbocycles. The van der Waals surface area contributed by atoms with Gasteiger partial charge < -0.3 is 39.9 Å². The van der Waals surface area contributed by atoms with Gasteiger partial charge >= 0.3 is 12.1 Å². The molecule has 3 amide bonds. The molecule has 4 heterocycles. The van der Waals surface area contributed by atoms with E-state index in [1.54, 1.807) is 0 Å². The van der Waals surface area contributed by atoms with Crippen LogP contribution >= 0.6 is 0 Å². The lowest BCUT2D eigenvalue weighted by molar-refractivity contribution is -0.253. The lowest BCUT2D eigenvalue weighted by atomic mass is 9.85. The molecule has 3 N–H and O–H groups in total. The Balaban J connectivity index is 0.961. The minimum atomic E-state index is -5.04. The van der Waals surface area contributed by atoms with Gasteiger partial charge in [-0.2, -0.15) is 13.2 Å². The number of aliphatic hydroxyl groups excluding tert-OH is 1. The molecule has 0 bridgehead atoms. The molecule has 4 atom stereocenters. The highest BCUT2D eigenvalue weighted by atomic mass is 19.4. The largest absolute Gasteiger partial charge is 0.471 e. The number of hydrogen-bond donors (Lipinski definition) is 3. The van der Waals surface area contributed by atoms with Crippen molar-refractivity contribution in [3.63, 3.8) is 0 Å². The van der Waals surface area contributed by atoms with E-state index in [0.29, 0.717) is 43.8 Å². The summed E-state index contributed by atoms with van der Waals surface area (Å²) in [5.74, 6) is -2.53. The molecule has 4 saturated heterocycles. The molecule has 4 aliphatic rings. The Kier molecular flexibility index (Phi) is 11.8. The van der Waals surface area contributed by atoms with Crippen LogP contribution in [0.25, 0.3) is 11.1 Å². The summed E-state index contributed by atoms with van der Waals surface area (Å²) in [6.45, 7) is 2.52. The molecule has 4 aromatic rings. The lowest BCUT2D eigenvalue weighted by Crippen LogP contribution is -2.57. The minimum absolute atomic E-state index is 0.0568. The van der Waals surface area contributed by atoms with Crippen molar-refractivity contribution in [2.75, 3.05) is 37.7 Å². The molecule has 4 fully saturated rings. The summed E-state index contributed by atoms with van der Waals surface area (Å²) >= 11 is 0. The monoisotopic (exact) mass is 811 g/mol. The smallest absolute Gasteiger partial charge is 0.392 e. The second-order valence-corrected chi connectivity index (χ2v) is 15.8. The fraction of sp³-hybridized carbons (Fsp3) is 0.400. The number of alkyl halides is 3. The van der Waals surface area contributed by atoms with Crippen molar-refractivity contribution in [3.05, 3.63) is 125 Å². The Morgan fingerprint density at radius 1 is 0.847 bits per heavy atom. The van der Waals surface area contributed by atoms with Crippen LogP contribution in [0.5, 0.6) is 0 Å². The number of piperidine rings is 1. The Morgan fingerprint density at radius 3 is 2.31 bits per heavy atom. The van der Waals surface area contributed by atoms with Crippen LogP contribution in [0, 0.1) is 0 Å². The topological polar surface area (TPSA) is 124 Å². The first-order valence-electron chi connectivity index (χ1n) is 20.2. The van der Waals surface area contributed by atoms with Gasteiger partial charge in [-0.3, -0.25) is 14.4 Å². The van der Waals surface area contributed by atoms with Gasteiger partial charge in [-0.1, -0.05) is 78.9 Å². The average molecular weight is 812 g/mol. The van der Waals surface area contributed by atoms with Gasteiger partial charge in [0.2, 0.25) is 11.8 Å². The highest BCUT2D eigenvalue weighted by Gasteiger charge is 2.51. The molecular weight excluding hydrogens is 764 g/mol. The number of benzene rings is 4. The average Bonchev–Trinajstić information content (AvgIpc) is 3.88. The Morgan fingerprint density at radius 2 is 1.58 bits per heavy atom. The van der Waals surface area contributed by atoms with Crippen LogP contribution in [0.1, 0.15) is 66.8 Å². The Bertz CT molecular complexity index is 2130. The molecule has 0 aromatic heterocycles. The number of aliphatic hydroxyl groups is 1. The molecule has 1 spiro atoms. The summed E-state index contributed by atoms with van der Waals surface area (Å²) < 4.78 is 52.8. The van der Waals surface area contributed by atoms with E-state index in [0.717, 1.165) is 52.2 Å². The van der Waals surface area contributed by atoms with Gasteiger partial charge in [-0.05, 0) is 77.8 Å². The van der Waals surface area contributed by atoms with Crippen molar-refractivity contribution in [1.29, 1.82) is 0 Å². The van der Waals surface area contributed by atoms with E-state index in [2.05, 4.69) is 20.4 Å². The van der Waals surface area contributed by atoms with E-state index < -0.39 is 35.9 Å². The number of carbonyl (C=O) groups excluding carboxylic acids is 3. The number of anilines is 1. The number of amides is 3. The zero-order valence-electron chi connectivity index (χ0n) is 32.6. The molecule has 11 nitrogen and oxygen atoms in total. The van der Waals surface area contributed by atoms with Gasteiger partial charge in [-0.15, -0.1) is 0 Å². The van der Waals surface area contributed by atoms with Gasteiger partial charge in [0.1, 0.15) is 11.6 Å². The van der Waals surface area contributed by atoms with Crippen LogP contribution in [0.3, 0.4) is 0 Å². The molecular formula is C45H48F3N5O6. The zero-order valence-corrected chi connectivity index (χ0v) is 32.6. The van der Waals surface area contributed by atoms with Gasteiger partial charge in [0.25, 0.3) is 0 Å². The first-order chi connectivity index (χ1) is 28.5. The fourth-order valence-electron chi connectivity index (χ4n) is 8.94. The molecule has 4 aliphatic heterocycles. The predicted molar refractivity (Wildman–Crippen MR) is 213 cm³/mol. The summed E-state index contributed by atoms with van der Waals surface area (Å²) in [5.41, 5.74) is 5.53. The number of nitrogens with zero attached hydrogens (tertiary/aromatic N) is 3. The molecule has 0 radical (unpaired) electrons. The number of likely N-dealkylation sites (tertiary alicyclic amines) is 2. The third-order valence-corrected chi connectivity index (χ3v) is 12.1. The molecule has 4 aromatic carbocycles. The quantitative estimate of drug-likeness (QED) is 0.179. The maximum atomic E-state index is 13.3. The minimum Gasteiger partial charge on any atom is -0.392 e. The first kappa shape index (κ1) is 40.5. The summed E-state index contributed by atoms with van der Waals surface area (Å²) in [6, 6.07) is 32.1. The zero-order chi connectivity index (χ0) is 41.1. The van der Waals surface area contributed by atoms with Gasteiger partial charge in [0.15, 0.2) is 6.29 Å². The van der Waals surface area contributed by atoms with Gasteiger partial charge in [0.05, 0.1) is 25.5 Å². The van der Waals surface area contributed by atoms with Crippen LogP contribution in [-0.4, -0.2) is 89.3 Å². The van der Waals surface area contributed by atoms with Crippen LogP contribution in [0.4, 0.5) is 18.9 Å². The van der Waals surface area contributed by atoms with E-state index >= 15 is 0 Å². The van der Waals surface area contributed by atoms with Crippen LogP contribution in [0.15, 0.2) is 103 Å². The number of para-hydroxylation sites is 1. The predicted octanol–water partition coefficient (Wildman–Crippen LogP) is 5.99. The first-order valence-corrected chi connectivity index (χ1v) is 20.2. The number of ether oxygens (including phenoxy) is 2. The van der Waals surface area contributed by atoms with Crippen molar-refractivity contribution >= 4 is 23.4 Å². The summed E-state index contributed by atoms with van der Waals surface area (Å²) in [4.78, 5) is 43.4. The van der Waals surface area contributed by atoms with Crippen LogP contribution < -0.4 is 15.5 Å². The Labute approximate surface area is 341 Å². The number of carbonyl (C=O) groups is 3. The summed E-state index contributed by atoms with van der Waals surface area (Å²) in [6.07, 6.45) is -3.72. The van der Waals surface area contributed by atoms with E-state index in [1.165, 1.54) is 0 Å². The molecule has 0 unspecified atom stereocenters. The van der Waals surface area contributed by atoms with E-state index in [4.69, 9.17) is 9.47 Å². The third kappa shape index (κ3) is 8.72. The molecule has 59 heavy (non-hydrogen) atoms. The van der Waals surface area contributed by atoms with E-state index in [-0.39, 0.29) is 44.2 Å². The van der Waals surface area contributed by atoms with Crippen LogP contribution in [-0.2, 0) is 37.0 Å². The molecule has 310 valence electrons. The van der Waals surface area contributed by atoms with Crippen molar-refractivity contribution in [2.24, 2.45) is 0 Å². The van der Waals surface area contributed by atoms with Crippen molar-refractivity contribution < 1.29 is 42.1 Å². The van der Waals surface area contributed by atoms with Crippen LogP contribution in [0.2, 0.25) is 0 Å². The maximum absolute atomic E-state index is 13.3. The molecule has 0 aliphatic carbocycles. The SMILES string of the molecule is O=C(NCc1cccc(-c2cccc([C@@H]3O[C@H](CN4CCC5(CC4)C(=O)NCN5c4ccccc4)C[C@H](c4ccc(CO)cc4)O3)c2)c1)[C@@H]1CCCN1C(=O)C(F)(F)F. The second-order valence-electron chi connectivity index (χ2n) is 15.8. The highest BCUT2D eigenvalue weighted by molar-refractivity contribution is 5.93. The normalized spacial score (nSPS) is 23.4. The maximum Gasteiger partial charge on any atom is 0.471 e. The second kappa shape index (κ2) is 17.1. The lowest BCUT2D eigenvalue weighted by Gasteiger charge is -2.45. The standard InChI is InChI=1S/C45H48F3N5O6/c46-45(47,48)43(57)52-20-6-13-38(52)40(55)49-26-31-7-4-8-33(23-31)34-9-5-10-35(24-34)41-58-37(25-39(59-41)32-16-14-30(28-54)15-17-32)27-51-21-18-44(19-22-51)42(56)50-29-53(44)36-11-2-1-3-12-36/h1-5,7-12,14-17,23-24,37-39,41,54H,6,13,18-22,25-29H2,(H,49,55)(H,50,56)/t37-,38-,39+,41+/m0/s1. The molecule has 8 rings (SSSR count). The number of rotatable bonds is 10.